The minimum Gasteiger partial charge on any atom is -0.508 e. The molecule has 0 saturated carbocycles. The summed E-state index contributed by atoms with van der Waals surface area (Å²) in [5.41, 5.74) is 3.09. The van der Waals surface area contributed by atoms with E-state index in [2.05, 4.69) is 16.4 Å². The van der Waals surface area contributed by atoms with Gasteiger partial charge in [-0.3, -0.25) is 0 Å². The highest BCUT2D eigenvalue weighted by Crippen LogP contribution is 2.33. The fourth-order valence-corrected chi connectivity index (χ4v) is 4.19. The number of aromatic hydroxyl groups is 1. The number of piperidine rings is 1. The third-order valence-electron chi connectivity index (χ3n) is 5.41. The van der Waals surface area contributed by atoms with Crippen molar-refractivity contribution in [1.82, 2.24) is 14.7 Å². The number of phenolic OH excluding ortho intramolecular Hbond substituents is 1. The van der Waals surface area contributed by atoms with Crippen molar-refractivity contribution in [2.45, 2.75) is 43.9 Å². The van der Waals surface area contributed by atoms with Crippen LogP contribution in [0.1, 0.15) is 25.7 Å². The smallest absolute Gasteiger partial charge is 0.146 e. The molecular weight excluding hydrogens is 314 g/mol. The number of hydrogen-bond donors (Lipinski definition) is 2. The lowest BCUT2D eigenvalue weighted by atomic mass is 10.0. The van der Waals surface area contributed by atoms with Crippen LogP contribution >= 0.6 is 0 Å². The van der Waals surface area contributed by atoms with Crippen LogP contribution in [0.25, 0.3) is 16.6 Å². The molecule has 0 spiro atoms. The Morgan fingerprint density at radius 1 is 1.08 bits per heavy atom. The van der Waals surface area contributed by atoms with Crippen LogP contribution < -0.4 is 10.1 Å². The molecule has 128 valence electrons. The third kappa shape index (κ3) is 2.74. The summed E-state index contributed by atoms with van der Waals surface area (Å²) in [7, 11) is 0. The quantitative estimate of drug-likeness (QED) is 0.770. The summed E-state index contributed by atoms with van der Waals surface area (Å²) < 4.78 is 8.45. The fraction of sp³-hybridized carbons (Fsp3) is 0.350. The molecule has 2 saturated heterocycles. The molecule has 25 heavy (non-hydrogen) atoms. The Hall–Kier alpha value is -2.53. The fourth-order valence-electron chi connectivity index (χ4n) is 4.19. The van der Waals surface area contributed by atoms with Crippen LogP contribution in [-0.4, -0.2) is 32.7 Å². The van der Waals surface area contributed by atoms with E-state index in [0.717, 1.165) is 35.2 Å². The predicted molar refractivity (Wildman–Crippen MR) is 95.9 cm³/mol. The van der Waals surface area contributed by atoms with Crippen molar-refractivity contribution in [2.24, 2.45) is 0 Å². The molecule has 0 aliphatic carbocycles. The van der Waals surface area contributed by atoms with Crippen molar-refractivity contribution in [3.05, 3.63) is 49.1 Å². The molecule has 3 aromatic rings. The number of fused-ring (bicyclic) bond motifs is 3. The van der Waals surface area contributed by atoms with Gasteiger partial charge in [0.25, 0.3) is 0 Å². The standard InChI is InChI=1S/C20H21N3O2/c24-17-5-1-13(2-6-17)14-7-20(19-10-21-12-23(19)11-14)25-18-8-15-3-4-16(9-18)22-15/h1-2,5-7,10-12,15-16,18,22,24H,3-4,8-9H2/t15-,16+,18-. The Labute approximate surface area is 146 Å². The van der Waals surface area contributed by atoms with Gasteiger partial charge >= 0.3 is 0 Å². The van der Waals surface area contributed by atoms with E-state index in [1.54, 1.807) is 18.5 Å². The molecular formula is C20H21N3O2. The first kappa shape index (κ1) is 14.8. The van der Waals surface area contributed by atoms with Gasteiger partial charge in [0.1, 0.15) is 23.1 Å². The molecule has 5 nitrogen and oxygen atoms in total. The second-order valence-electron chi connectivity index (χ2n) is 7.18. The van der Waals surface area contributed by atoms with Crippen molar-refractivity contribution < 1.29 is 9.84 Å². The minimum absolute atomic E-state index is 0.257. The molecule has 0 amide bonds. The van der Waals surface area contributed by atoms with Crippen molar-refractivity contribution in [1.29, 1.82) is 0 Å². The van der Waals surface area contributed by atoms with Gasteiger partial charge < -0.3 is 19.6 Å². The summed E-state index contributed by atoms with van der Waals surface area (Å²) in [6, 6.07) is 10.5. The Kier molecular flexibility index (Phi) is 3.41. The number of benzene rings is 1. The van der Waals surface area contributed by atoms with Crippen LogP contribution in [-0.2, 0) is 0 Å². The van der Waals surface area contributed by atoms with Crippen LogP contribution in [0.4, 0.5) is 0 Å². The normalized spacial score (nSPS) is 25.4. The highest BCUT2D eigenvalue weighted by Gasteiger charge is 2.34. The third-order valence-corrected chi connectivity index (χ3v) is 5.41. The largest absolute Gasteiger partial charge is 0.508 e. The second-order valence-corrected chi connectivity index (χ2v) is 7.18. The number of phenols is 1. The van der Waals surface area contributed by atoms with Crippen LogP contribution in [0.5, 0.6) is 11.5 Å². The Morgan fingerprint density at radius 3 is 2.60 bits per heavy atom. The lowest BCUT2D eigenvalue weighted by Crippen LogP contribution is -2.42. The molecule has 5 heteroatoms. The molecule has 2 bridgehead atoms. The van der Waals surface area contributed by atoms with Gasteiger partial charge in [-0.15, -0.1) is 0 Å². The topological polar surface area (TPSA) is 58.8 Å². The van der Waals surface area contributed by atoms with E-state index >= 15 is 0 Å². The van der Waals surface area contributed by atoms with Gasteiger partial charge in [0, 0.05) is 23.8 Å². The monoisotopic (exact) mass is 335 g/mol. The van der Waals surface area contributed by atoms with Crippen LogP contribution in [0.3, 0.4) is 0 Å². The first-order valence-corrected chi connectivity index (χ1v) is 8.92. The number of pyridine rings is 1. The van der Waals surface area contributed by atoms with Crippen molar-refractivity contribution >= 4 is 5.52 Å². The van der Waals surface area contributed by atoms with Gasteiger partial charge in [0.2, 0.25) is 0 Å². The summed E-state index contributed by atoms with van der Waals surface area (Å²) in [6.45, 7) is 0. The molecule has 5 rings (SSSR count). The van der Waals surface area contributed by atoms with Gasteiger partial charge in [-0.05, 0) is 49.4 Å². The van der Waals surface area contributed by atoms with Gasteiger partial charge in [-0.25, -0.2) is 4.98 Å². The van der Waals surface area contributed by atoms with Gasteiger partial charge in [0.15, 0.2) is 0 Å². The Bertz CT molecular complexity index is 891. The number of ether oxygens (including phenoxy) is 1. The number of aromatic nitrogens is 2. The van der Waals surface area contributed by atoms with E-state index < -0.39 is 0 Å². The Morgan fingerprint density at radius 2 is 1.84 bits per heavy atom. The summed E-state index contributed by atoms with van der Waals surface area (Å²) in [5, 5.41) is 13.2. The minimum atomic E-state index is 0.257. The van der Waals surface area contributed by atoms with Crippen LogP contribution in [0.15, 0.2) is 49.1 Å². The van der Waals surface area contributed by atoms with Gasteiger partial charge in [0.05, 0.1) is 12.5 Å². The van der Waals surface area contributed by atoms with E-state index in [9.17, 15) is 5.11 Å². The van der Waals surface area contributed by atoms with Gasteiger partial charge in [-0.1, -0.05) is 12.1 Å². The molecule has 2 fully saturated rings. The number of rotatable bonds is 3. The van der Waals surface area contributed by atoms with E-state index in [1.165, 1.54) is 12.8 Å². The second kappa shape index (κ2) is 5.77. The molecule has 0 unspecified atom stereocenters. The molecule has 2 aliphatic heterocycles. The molecule has 2 N–H and O–H groups in total. The maximum Gasteiger partial charge on any atom is 0.146 e. The molecule has 2 aromatic heterocycles. The highest BCUT2D eigenvalue weighted by atomic mass is 16.5. The van der Waals surface area contributed by atoms with Crippen molar-refractivity contribution in [2.75, 3.05) is 0 Å². The number of nitrogens with one attached hydrogen (secondary N) is 1. The van der Waals surface area contributed by atoms with E-state index in [0.29, 0.717) is 12.1 Å². The molecule has 0 radical (unpaired) electrons. The van der Waals surface area contributed by atoms with Crippen LogP contribution in [0, 0.1) is 0 Å². The van der Waals surface area contributed by atoms with Crippen LogP contribution in [0.2, 0.25) is 0 Å². The maximum atomic E-state index is 9.52. The first-order valence-electron chi connectivity index (χ1n) is 8.92. The average Bonchev–Trinajstić information content (AvgIpc) is 3.22. The zero-order valence-electron chi connectivity index (χ0n) is 13.9. The predicted octanol–water partition coefficient (Wildman–Crippen LogP) is 3.37. The lowest BCUT2D eigenvalue weighted by Gasteiger charge is -2.29. The number of hydrogen-bond acceptors (Lipinski definition) is 4. The maximum absolute atomic E-state index is 9.52. The summed E-state index contributed by atoms with van der Waals surface area (Å²) in [5.74, 6) is 1.16. The zero-order valence-corrected chi connectivity index (χ0v) is 13.9. The van der Waals surface area contributed by atoms with E-state index in [4.69, 9.17) is 4.74 Å². The summed E-state index contributed by atoms with van der Waals surface area (Å²) in [6.07, 6.45) is 10.6. The Balaban J connectivity index is 1.50. The molecule has 4 heterocycles. The van der Waals surface area contributed by atoms with Crippen molar-refractivity contribution in [3.8, 4) is 22.6 Å². The first-order chi connectivity index (χ1) is 12.2. The highest BCUT2D eigenvalue weighted by molar-refractivity contribution is 5.71. The van der Waals surface area contributed by atoms with E-state index in [1.807, 2.05) is 28.9 Å². The van der Waals surface area contributed by atoms with Gasteiger partial charge in [-0.2, -0.15) is 0 Å². The summed E-state index contributed by atoms with van der Waals surface area (Å²) >= 11 is 0. The molecule has 1 aromatic carbocycles. The number of imidazole rings is 1. The average molecular weight is 335 g/mol. The summed E-state index contributed by atoms with van der Waals surface area (Å²) in [4.78, 5) is 4.28. The molecule has 3 atom stereocenters. The number of nitrogens with zero attached hydrogens (tertiary/aromatic N) is 2. The van der Waals surface area contributed by atoms with E-state index in [-0.39, 0.29) is 11.9 Å². The SMILES string of the molecule is Oc1ccc(-c2cc(O[C@@H]3C[C@H]4CC[C@@H](C3)N4)c3cncn3c2)cc1. The molecule has 2 aliphatic rings. The lowest BCUT2D eigenvalue weighted by molar-refractivity contribution is 0.139. The zero-order chi connectivity index (χ0) is 16.8. The van der Waals surface area contributed by atoms with Crippen molar-refractivity contribution in [3.63, 3.8) is 0 Å².